The van der Waals surface area contributed by atoms with Crippen molar-refractivity contribution in [3.8, 4) is 0 Å². The summed E-state index contributed by atoms with van der Waals surface area (Å²) in [6, 6.07) is 0. The zero-order chi connectivity index (χ0) is 17.6. The van der Waals surface area contributed by atoms with Crippen LogP contribution in [0.1, 0.15) is 78.6 Å². The largest absolute Gasteiger partial charge is 0.343 e. The molecule has 3 nitrogen and oxygen atoms in total. The zero-order valence-electron chi connectivity index (χ0n) is 15.2. The van der Waals surface area contributed by atoms with Crippen molar-refractivity contribution in [2.75, 3.05) is 0 Å². The summed E-state index contributed by atoms with van der Waals surface area (Å²) >= 11 is 0. The molecule has 0 aromatic carbocycles. The molecule has 0 heterocycles. The third kappa shape index (κ3) is 9.09. The molecule has 0 unspecified atom stereocenters. The van der Waals surface area contributed by atoms with E-state index in [1.54, 1.807) is 0 Å². The van der Waals surface area contributed by atoms with Gasteiger partial charge in [0.05, 0.1) is 5.41 Å². The van der Waals surface area contributed by atoms with Crippen LogP contribution in [0.4, 0.5) is 0 Å². The van der Waals surface area contributed by atoms with E-state index in [1.807, 2.05) is 0 Å². The Morgan fingerprint density at radius 3 is 1.09 bits per heavy atom. The average Bonchev–Trinajstić information content (AvgIpc) is 2.50. The lowest BCUT2D eigenvalue weighted by Crippen LogP contribution is -2.48. The number of hydrogen-bond donors (Lipinski definition) is 3. The lowest BCUT2D eigenvalue weighted by Gasteiger charge is -2.40. The molecule has 0 saturated heterocycles. The molecule has 0 aromatic rings. The van der Waals surface area contributed by atoms with Gasteiger partial charge in [-0.15, -0.1) is 0 Å². The maximum atomic E-state index is 10.0. The summed E-state index contributed by atoms with van der Waals surface area (Å²) in [5, 5.41) is 30.1. The third-order valence-electron chi connectivity index (χ3n) is 4.29. The molecule has 0 bridgehead atoms. The predicted octanol–water partition coefficient (Wildman–Crippen LogP) is 4.84. The van der Waals surface area contributed by atoms with E-state index in [0.717, 1.165) is 38.5 Å². The van der Waals surface area contributed by atoms with Gasteiger partial charge in [0.1, 0.15) is 0 Å². The average molecular weight is 325 g/mol. The first-order valence-electron chi connectivity index (χ1n) is 9.05. The van der Waals surface area contributed by atoms with E-state index in [-0.39, 0.29) is 0 Å². The van der Waals surface area contributed by atoms with E-state index in [2.05, 4.69) is 57.2 Å². The molecule has 3 N–H and O–H groups in total. The van der Waals surface area contributed by atoms with Crippen molar-refractivity contribution in [3.63, 3.8) is 0 Å². The van der Waals surface area contributed by atoms with Crippen molar-refractivity contribution < 1.29 is 15.3 Å². The van der Waals surface area contributed by atoms with Gasteiger partial charge in [0.25, 0.3) is 5.97 Å². The maximum Gasteiger partial charge on any atom is 0.281 e. The van der Waals surface area contributed by atoms with Gasteiger partial charge in [0.2, 0.25) is 0 Å². The van der Waals surface area contributed by atoms with Gasteiger partial charge in [-0.05, 0) is 57.8 Å². The standard InChI is InChI=1S/C20H36O3/c1-4-7-10-13-16-19(20(21,22)23,17-14-11-8-5-2)18-15-12-9-6-3/h7-12,21-23H,4-6,13-18H2,1-3H3/b10-7-,11-8-,12-9-. The Labute approximate surface area is 142 Å². The number of rotatable bonds is 13. The molecule has 0 rings (SSSR count). The summed E-state index contributed by atoms with van der Waals surface area (Å²) in [6.45, 7) is 6.22. The van der Waals surface area contributed by atoms with E-state index >= 15 is 0 Å². The van der Waals surface area contributed by atoms with Crippen LogP contribution >= 0.6 is 0 Å². The molecule has 0 aliphatic rings. The number of hydrogen-bond acceptors (Lipinski definition) is 3. The van der Waals surface area contributed by atoms with Crippen molar-refractivity contribution in [1.82, 2.24) is 0 Å². The number of allylic oxidation sites excluding steroid dienone is 6. The van der Waals surface area contributed by atoms with E-state index in [1.165, 1.54) is 0 Å². The van der Waals surface area contributed by atoms with Gasteiger partial charge in [-0.3, -0.25) is 0 Å². The monoisotopic (exact) mass is 324 g/mol. The summed E-state index contributed by atoms with van der Waals surface area (Å²) < 4.78 is 0. The van der Waals surface area contributed by atoms with Crippen LogP contribution in [0.15, 0.2) is 36.5 Å². The topological polar surface area (TPSA) is 60.7 Å². The van der Waals surface area contributed by atoms with E-state index in [4.69, 9.17) is 0 Å². The van der Waals surface area contributed by atoms with Crippen molar-refractivity contribution >= 4 is 0 Å². The van der Waals surface area contributed by atoms with E-state index in [0.29, 0.717) is 19.3 Å². The molecular weight excluding hydrogens is 288 g/mol. The quantitative estimate of drug-likeness (QED) is 0.335. The highest BCUT2D eigenvalue weighted by Gasteiger charge is 2.46. The fourth-order valence-electron chi connectivity index (χ4n) is 2.81. The van der Waals surface area contributed by atoms with Crippen LogP contribution in [-0.4, -0.2) is 21.3 Å². The fourth-order valence-corrected chi connectivity index (χ4v) is 2.81. The summed E-state index contributed by atoms with van der Waals surface area (Å²) in [7, 11) is 0. The Hall–Kier alpha value is -0.900. The van der Waals surface area contributed by atoms with Crippen LogP contribution in [0.25, 0.3) is 0 Å². The van der Waals surface area contributed by atoms with Crippen LogP contribution < -0.4 is 0 Å². The Kier molecular flexibility index (Phi) is 12.0. The first kappa shape index (κ1) is 22.1. The van der Waals surface area contributed by atoms with Gasteiger partial charge < -0.3 is 15.3 Å². The molecule has 3 heteroatoms. The van der Waals surface area contributed by atoms with Crippen LogP contribution in [0.3, 0.4) is 0 Å². The molecule has 23 heavy (non-hydrogen) atoms. The molecule has 0 atom stereocenters. The molecule has 0 aliphatic heterocycles. The summed E-state index contributed by atoms with van der Waals surface area (Å²) in [6.07, 6.45) is 19.2. The maximum absolute atomic E-state index is 10.0. The van der Waals surface area contributed by atoms with Gasteiger partial charge in [-0.25, -0.2) is 0 Å². The summed E-state index contributed by atoms with van der Waals surface area (Å²) in [5.74, 6) is -2.65. The Bertz CT molecular complexity index is 316. The van der Waals surface area contributed by atoms with Gasteiger partial charge in [-0.2, -0.15) is 0 Å². The molecule has 0 spiro atoms. The van der Waals surface area contributed by atoms with E-state index < -0.39 is 11.4 Å². The van der Waals surface area contributed by atoms with Crippen molar-refractivity contribution in [2.45, 2.75) is 84.5 Å². The van der Waals surface area contributed by atoms with Gasteiger partial charge in [0, 0.05) is 0 Å². The first-order valence-corrected chi connectivity index (χ1v) is 9.05. The predicted molar refractivity (Wildman–Crippen MR) is 97.8 cm³/mol. The van der Waals surface area contributed by atoms with Gasteiger partial charge in [-0.1, -0.05) is 57.2 Å². The van der Waals surface area contributed by atoms with Gasteiger partial charge in [0.15, 0.2) is 0 Å². The first-order chi connectivity index (χ1) is 10.9. The minimum atomic E-state index is -2.65. The highest BCUT2D eigenvalue weighted by Crippen LogP contribution is 2.43. The lowest BCUT2D eigenvalue weighted by atomic mass is 9.72. The van der Waals surface area contributed by atoms with Crippen LogP contribution in [-0.2, 0) is 0 Å². The Morgan fingerprint density at radius 2 is 0.870 bits per heavy atom. The minimum Gasteiger partial charge on any atom is -0.343 e. The third-order valence-corrected chi connectivity index (χ3v) is 4.29. The Morgan fingerprint density at radius 1 is 0.565 bits per heavy atom. The molecule has 0 aliphatic carbocycles. The second kappa shape index (κ2) is 12.5. The van der Waals surface area contributed by atoms with Crippen molar-refractivity contribution in [2.24, 2.45) is 5.41 Å². The second-order valence-corrected chi connectivity index (χ2v) is 6.17. The van der Waals surface area contributed by atoms with E-state index in [9.17, 15) is 15.3 Å². The van der Waals surface area contributed by atoms with Crippen LogP contribution in [0.2, 0.25) is 0 Å². The lowest BCUT2D eigenvalue weighted by molar-refractivity contribution is -0.379. The van der Waals surface area contributed by atoms with Gasteiger partial charge >= 0.3 is 0 Å². The normalized spacial score (nSPS) is 13.8. The Balaban J connectivity index is 5.06. The number of aliphatic hydroxyl groups is 3. The SMILES string of the molecule is CC/C=C\CCC(CC/C=C\CC)(CC/C=C\CC)C(O)(O)O. The fraction of sp³-hybridized carbons (Fsp3) is 0.700. The molecule has 0 fully saturated rings. The van der Waals surface area contributed by atoms with Crippen molar-refractivity contribution in [3.05, 3.63) is 36.5 Å². The summed E-state index contributed by atoms with van der Waals surface area (Å²) in [4.78, 5) is 0. The molecule has 0 radical (unpaired) electrons. The van der Waals surface area contributed by atoms with Crippen molar-refractivity contribution in [1.29, 1.82) is 0 Å². The van der Waals surface area contributed by atoms with Crippen LogP contribution in [0, 0.1) is 5.41 Å². The van der Waals surface area contributed by atoms with Crippen LogP contribution in [0.5, 0.6) is 0 Å². The molecule has 0 amide bonds. The summed E-state index contributed by atoms with van der Waals surface area (Å²) in [5.41, 5.74) is -0.902. The highest BCUT2D eigenvalue weighted by molar-refractivity contribution is 4.95. The highest BCUT2D eigenvalue weighted by atomic mass is 16.7. The minimum absolute atomic E-state index is 0.562. The molecule has 0 aromatic heterocycles. The molecule has 0 saturated carbocycles. The zero-order valence-corrected chi connectivity index (χ0v) is 15.2. The molecule has 134 valence electrons. The molecular formula is C20H36O3. The second-order valence-electron chi connectivity index (χ2n) is 6.17. The smallest absolute Gasteiger partial charge is 0.281 e.